The number of ether oxygens (including phenoxy) is 1. The maximum absolute atomic E-state index is 12.6. The molecule has 0 radical (unpaired) electrons. The van der Waals surface area contributed by atoms with E-state index in [1.807, 2.05) is 66.7 Å². The van der Waals surface area contributed by atoms with Crippen LogP contribution in [0.3, 0.4) is 0 Å². The molecule has 4 rings (SSSR count). The van der Waals surface area contributed by atoms with Crippen molar-refractivity contribution >= 4 is 17.9 Å². The van der Waals surface area contributed by atoms with Crippen LogP contribution in [-0.2, 0) is 0 Å². The molecular formula is C24H21N3O2. The lowest BCUT2D eigenvalue weighted by Crippen LogP contribution is -2.37. The second-order valence-electron chi connectivity index (χ2n) is 6.61. The Bertz CT molecular complexity index is 1040. The maximum atomic E-state index is 12.6. The molecule has 0 bridgehead atoms. The second-order valence-corrected chi connectivity index (χ2v) is 6.61. The van der Waals surface area contributed by atoms with Gasteiger partial charge in [-0.1, -0.05) is 60.7 Å². The van der Waals surface area contributed by atoms with Gasteiger partial charge in [0.1, 0.15) is 11.8 Å². The van der Waals surface area contributed by atoms with Gasteiger partial charge in [-0.3, -0.25) is 10.1 Å². The first kappa shape index (κ1) is 18.5. The lowest BCUT2D eigenvalue weighted by molar-refractivity contribution is 0.0976. The van der Waals surface area contributed by atoms with Gasteiger partial charge in [0.15, 0.2) is 0 Å². The van der Waals surface area contributed by atoms with Crippen molar-refractivity contribution in [2.24, 2.45) is 4.99 Å². The predicted octanol–water partition coefficient (Wildman–Crippen LogP) is 4.17. The van der Waals surface area contributed by atoms with Crippen LogP contribution in [0.5, 0.6) is 5.75 Å². The van der Waals surface area contributed by atoms with Crippen LogP contribution in [-0.4, -0.2) is 19.0 Å². The fourth-order valence-corrected chi connectivity index (χ4v) is 3.15. The molecule has 0 aromatic heterocycles. The van der Waals surface area contributed by atoms with E-state index in [2.05, 4.69) is 10.6 Å². The Morgan fingerprint density at radius 2 is 1.62 bits per heavy atom. The minimum absolute atomic E-state index is 0.206. The molecule has 0 fully saturated rings. The topological polar surface area (TPSA) is 62.7 Å². The van der Waals surface area contributed by atoms with Gasteiger partial charge in [-0.25, -0.2) is 4.99 Å². The fraction of sp³-hybridized carbons (Fsp3) is 0.0833. The Balaban J connectivity index is 1.58. The number of nitrogens with one attached hydrogen (secondary N) is 2. The highest BCUT2D eigenvalue weighted by atomic mass is 16.5. The molecule has 0 saturated carbocycles. The summed E-state index contributed by atoms with van der Waals surface area (Å²) >= 11 is 0. The number of hydrogen-bond acceptors (Lipinski definition) is 4. The first-order valence-electron chi connectivity index (χ1n) is 9.35. The number of methoxy groups -OCH3 is 1. The van der Waals surface area contributed by atoms with E-state index in [0.717, 1.165) is 16.8 Å². The third-order valence-electron chi connectivity index (χ3n) is 4.64. The number of hydrogen-bond donors (Lipinski definition) is 2. The molecule has 2 N–H and O–H groups in total. The van der Waals surface area contributed by atoms with E-state index in [9.17, 15) is 4.79 Å². The van der Waals surface area contributed by atoms with E-state index in [4.69, 9.17) is 9.73 Å². The molecule has 1 aliphatic rings. The summed E-state index contributed by atoms with van der Waals surface area (Å²) in [6, 6.07) is 26.8. The summed E-state index contributed by atoms with van der Waals surface area (Å²) in [6.45, 7) is 0. The van der Waals surface area contributed by atoms with Crippen molar-refractivity contribution in [3.05, 3.63) is 107 Å². The highest BCUT2D eigenvalue weighted by Crippen LogP contribution is 2.29. The molecule has 0 saturated heterocycles. The van der Waals surface area contributed by atoms with Crippen LogP contribution in [0.4, 0.5) is 0 Å². The zero-order chi connectivity index (χ0) is 20.1. The maximum Gasteiger partial charge on any atom is 0.257 e. The lowest BCUT2D eigenvalue weighted by atomic mass is 10.0. The molecule has 1 atom stereocenters. The molecule has 1 heterocycles. The molecule has 29 heavy (non-hydrogen) atoms. The lowest BCUT2D eigenvalue weighted by Gasteiger charge is -2.10. The van der Waals surface area contributed by atoms with Gasteiger partial charge in [0.25, 0.3) is 5.91 Å². The number of aliphatic imine (C=N–C) groups is 1. The van der Waals surface area contributed by atoms with Crippen LogP contribution in [0.15, 0.2) is 95.6 Å². The fourth-order valence-electron chi connectivity index (χ4n) is 3.15. The molecule has 144 valence electrons. The largest absolute Gasteiger partial charge is 0.497 e. The van der Waals surface area contributed by atoms with Gasteiger partial charge in [-0.2, -0.15) is 0 Å². The van der Waals surface area contributed by atoms with Crippen LogP contribution in [0.25, 0.3) is 6.08 Å². The zero-order valence-electron chi connectivity index (χ0n) is 16.0. The van der Waals surface area contributed by atoms with Crippen molar-refractivity contribution in [1.29, 1.82) is 0 Å². The molecule has 5 nitrogen and oxygen atoms in total. The summed E-state index contributed by atoms with van der Waals surface area (Å²) in [4.78, 5) is 17.3. The van der Waals surface area contributed by atoms with Gasteiger partial charge in [-0.05, 0) is 41.5 Å². The van der Waals surface area contributed by atoms with E-state index in [1.54, 1.807) is 31.4 Å². The molecular weight excluding hydrogens is 362 g/mol. The van der Waals surface area contributed by atoms with Gasteiger partial charge in [0.05, 0.1) is 7.11 Å². The molecule has 3 aromatic carbocycles. The van der Waals surface area contributed by atoms with Crippen molar-refractivity contribution < 1.29 is 9.53 Å². The number of guanidine groups is 1. The molecule has 3 aromatic rings. The van der Waals surface area contributed by atoms with Crippen molar-refractivity contribution in [2.75, 3.05) is 7.11 Å². The Morgan fingerprint density at radius 3 is 2.28 bits per heavy atom. The second kappa shape index (κ2) is 8.44. The monoisotopic (exact) mass is 383 g/mol. The van der Waals surface area contributed by atoms with Gasteiger partial charge >= 0.3 is 0 Å². The molecule has 0 spiro atoms. The van der Waals surface area contributed by atoms with Crippen molar-refractivity contribution in [2.45, 2.75) is 6.04 Å². The van der Waals surface area contributed by atoms with Crippen LogP contribution < -0.4 is 15.4 Å². The number of carbonyl (C=O) groups is 1. The molecule has 0 aliphatic carbocycles. The average molecular weight is 383 g/mol. The highest BCUT2D eigenvalue weighted by molar-refractivity contribution is 6.07. The first-order valence-corrected chi connectivity index (χ1v) is 9.35. The molecule has 5 heteroatoms. The van der Waals surface area contributed by atoms with Crippen LogP contribution >= 0.6 is 0 Å². The number of rotatable bonds is 4. The van der Waals surface area contributed by atoms with Gasteiger partial charge in [-0.15, -0.1) is 0 Å². The summed E-state index contributed by atoms with van der Waals surface area (Å²) in [5, 5.41) is 6.13. The van der Waals surface area contributed by atoms with Gasteiger partial charge < -0.3 is 10.1 Å². The smallest absolute Gasteiger partial charge is 0.257 e. The number of amides is 1. The van der Waals surface area contributed by atoms with E-state index in [-0.39, 0.29) is 11.9 Å². The summed E-state index contributed by atoms with van der Waals surface area (Å²) in [6.07, 6.45) is 2.05. The summed E-state index contributed by atoms with van der Waals surface area (Å²) in [5.74, 6) is 0.906. The van der Waals surface area contributed by atoms with Crippen LogP contribution in [0, 0.1) is 0 Å². The first-order chi connectivity index (χ1) is 14.2. The van der Waals surface area contributed by atoms with E-state index in [0.29, 0.717) is 17.3 Å². The van der Waals surface area contributed by atoms with Crippen LogP contribution in [0.1, 0.15) is 27.5 Å². The number of carbonyl (C=O) groups excluding carboxylic acids is 1. The van der Waals surface area contributed by atoms with E-state index in [1.165, 1.54) is 0 Å². The zero-order valence-corrected chi connectivity index (χ0v) is 16.0. The quantitative estimate of drug-likeness (QED) is 0.711. The normalized spacial score (nSPS) is 16.8. The average Bonchev–Trinajstić information content (AvgIpc) is 3.17. The highest BCUT2D eigenvalue weighted by Gasteiger charge is 2.25. The summed E-state index contributed by atoms with van der Waals surface area (Å²) in [5.41, 5.74) is 3.56. The van der Waals surface area contributed by atoms with Crippen LogP contribution in [0.2, 0.25) is 0 Å². The Morgan fingerprint density at radius 1 is 0.966 bits per heavy atom. The third-order valence-corrected chi connectivity index (χ3v) is 4.64. The van der Waals surface area contributed by atoms with Crippen molar-refractivity contribution in [3.63, 3.8) is 0 Å². The molecule has 1 amide bonds. The Labute approximate surface area is 169 Å². The minimum Gasteiger partial charge on any atom is -0.497 e. The van der Waals surface area contributed by atoms with Crippen molar-refractivity contribution in [3.8, 4) is 5.75 Å². The van der Waals surface area contributed by atoms with Gasteiger partial charge in [0, 0.05) is 11.3 Å². The number of benzene rings is 3. The molecule has 1 unspecified atom stereocenters. The molecule has 1 aliphatic heterocycles. The summed E-state index contributed by atoms with van der Waals surface area (Å²) in [7, 11) is 1.59. The predicted molar refractivity (Wildman–Crippen MR) is 115 cm³/mol. The number of nitrogens with zero attached hydrogens (tertiary/aromatic N) is 1. The summed E-state index contributed by atoms with van der Waals surface area (Å²) < 4.78 is 5.14. The Kier molecular flexibility index (Phi) is 5.38. The third kappa shape index (κ3) is 4.35. The SMILES string of the molecule is COc1ccc(C(=O)NC2=NC(c3ccccc3)/C(=C/c3ccccc3)N2)cc1. The minimum atomic E-state index is -0.230. The van der Waals surface area contributed by atoms with E-state index >= 15 is 0 Å². The Hall–Kier alpha value is -3.86. The van der Waals surface area contributed by atoms with Crippen molar-refractivity contribution in [1.82, 2.24) is 10.6 Å². The van der Waals surface area contributed by atoms with E-state index < -0.39 is 0 Å². The van der Waals surface area contributed by atoms with Gasteiger partial charge in [0.2, 0.25) is 5.96 Å². The standard InChI is InChI=1S/C24H21N3O2/c1-29-20-14-12-19(13-15-20)23(28)27-24-25-21(16-17-8-4-2-5-9-17)22(26-24)18-10-6-3-7-11-18/h2-16,22H,1H3,(H2,25,26,27,28)/b21-16-.